The Morgan fingerprint density at radius 2 is 1.45 bits per heavy atom. The molecule has 0 bridgehead atoms. The van der Waals surface area contributed by atoms with Crippen molar-refractivity contribution in [2.45, 2.75) is 24.8 Å². The number of carbonyl (C=O) groups is 1. The highest BCUT2D eigenvalue weighted by molar-refractivity contribution is 7.89. The number of hydrogen-bond donors (Lipinski definition) is 4. The number of nitrogens with one attached hydrogen (secondary N) is 2. The molecule has 0 aliphatic heterocycles. The molecule has 0 aliphatic carbocycles. The fourth-order valence-electron chi connectivity index (χ4n) is 4.03. The summed E-state index contributed by atoms with van der Waals surface area (Å²) in [5.41, 5.74) is 15.9. The fraction of sp³-hybridized carbons (Fsp3) is 0.107. The van der Waals surface area contributed by atoms with Gasteiger partial charge in [-0.2, -0.15) is 17.8 Å². The summed E-state index contributed by atoms with van der Waals surface area (Å²) in [6.45, 7) is 2.14. The number of hydrogen-bond acceptors (Lipinski definition) is 4. The van der Waals surface area contributed by atoms with Gasteiger partial charge in [0.2, 0.25) is 18.2 Å². The zero-order chi connectivity index (χ0) is 27.1. The molecule has 1 amide bonds. The molecule has 4 rings (SSSR count). The third-order valence-corrected chi connectivity index (χ3v) is 7.06. The largest absolute Gasteiger partial charge is 0.369 e. The third kappa shape index (κ3) is 6.34. The molecule has 1 heterocycles. The minimum atomic E-state index is -3.94. The van der Waals surface area contributed by atoms with Crippen molar-refractivity contribution in [3.63, 3.8) is 0 Å². The molecule has 0 spiro atoms. The SMILES string of the molecule is CCc1cc(-c2ccccc2)cc(-c2ccccc2)[n+]1CC(=O)Nc1ccc(S(=O)(=O)NN=C(N)N)cc1. The highest BCUT2D eigenvalue weighted by atomic mass is 32.2. The van der Waals surface area contributed by atoms with Crippen molar-refractivity contribution in [2.24, 2.45) is 16.6 Å². The van der Waals surface area contributed by atoms with Crippen LogP contribution in [0.25, 0.3) is 22.4 Å². The van der Waals surface area contributed by atoms with Crippen LogP contribution in [0.3, 0.4) is 0 Å². The molecule has 6 N–H and O–H groups in total. The Morgan fingerprint density at radius 1 is 0.842 bits per heavy atom. The normalized spacial score (nSPS) is 11.0. The van der Waals surface area contributed by atoms with Crippen LogP contribution in [0, 0.1) is 0 Å². The van der Waals surface area contributed by atoms with Crippen molar-refractivity contribution < 1.29 is 17.8 Å². The molecule has 194 valence electrons. The van der Waals surface area contributed by atoms with Gasteiger partial charge in [-0.1, -0.05) is 55.5 Å². The predicted molar refractivity (Wildman–Crippen MR) is 148 cm³/mol. The van der Waals surface area contributed by atoms with Gasteiger partial charge in [-0.25, -0.2) is 0 Å². The third-order valence-electron chi connectivity index (χ3n) is 5.84. The maximum atomic E-state index is 13.1. The van der Waals surface area contributed by atoms with Crippen molar-refractivity contribution in [1.82, 2.24) is 4.83 Å². The van der Waals surface area contributed by atoms with Gasteiger partial charge in [-0.05, 0) is 47.5 Å². The number of aromatic nitrogens is 1. The Bertz CT molecular complexity index is 1550. The quantitative estimate of drug-likeness (QED) is 0.114. The zero-order valence-corrected chi connectivity index (χ0v) is 21.7. The fourth-order valence-corrected chi connectivity index (χ4v) is 4.86. The summed E-state index contributed by atoms with van der Waals surface area (Å²) >= 11 is 0. The van der Waals surface area contributed by atoms with Crippen molar-refractivity contribution in [3.05, 3.63) is 103 Å². The van der Waals surface area contributed by atoms with Crippen LogP contribution in [0.15, 0.2) is 107 Å². The Morgan fingerprint density at radius 3 is 2.03 bits per heavy atom. The maximum absolute atomic E-state index is 13.1. The summed E-state index contributed by atoms with van der Waals surface area (Å²) in [7, 11) is -3.94. The minimum absolute atomic E-state index is 0.0500. The van der Waals surface area contributed by atoms with Gasteiger partial charge >= 0.3 is 0 Å². The van der Waals surface area contributed by atoms with Crippen LogP contribution in [0.5, 0.6) is 0 Å². The summed E-state index contributed by atoms with van der Waals surface area (Å²) in [5.74, 6) is -0.656. The molecule has 0 unspecified atom stereocenters. The van der Waals surface area contributed by atoms with Gasteiger partial charge in [0.1, 0.15) is 0 Å². The number of guanidine groups is 1. The number of amides is 1. The number of nitrogens with two attached hydrogens (primary N) is 2. The molecule has 38 heavy (non-hydrogen) atoms. The lowest BCUT2D eigenvalue weighted by atomic mass is 10.0. The van der Waals surface area contributed by atoms with E-state index in [9.17, 15) is 13.2 Å². The summed E-state index contributed by atoms with van der Waals surface area (Å²) in [5, 5.41) is 6.18. The number of sulfonamides is 1. The Kier molecular flexibility index (Phi) is 8.03. The first-order chi connectivity index (χ1) is 18.3. The van der Waals surface area contributed by atoms with E-state index in [0.29, 0.717) is 5.69 Å². The molecule has 10 heteroatoms. The number of pyridine rings is 1. The van der Waals surface area contributed by atoms with E-state index in [4.69, 9.17) is 11.5 Å². The Balaban J connectivity index is 1.62. The van der Waals surface area contributed by atoms with Crippen LogP contribution in [-0.4, -0.2) is 20.3 Å². The summed E-state index contributed by atoms with van der Waals surface area (Å²) in [6, 6.07) is 30.0. The van der Waals surface area contributed by atoms with E-state index < -0.39 is 16.0 Å². The molecule has 1 aromatic heterocycles. The van der Waals surface area contributed by atoms with Gasteiger partial charge in [0.05, 0.1) is 4.90 Å². The molecule has 0 atom stereocenters. The topological polar surface area (TPSA) is 144 Å². The van der Waals surface area contributed by atoms with Crippen LogP contribution < -0.4 is 26.2 Å². The van der Waals surface area contributed by atoms with Gasteiger partial charge < -0.3 is 16.8 Å². The molecule has 3 aromatic carbocycles. The summed E-state index contributed by atoms with van der Waals surface area (Å²) < 4.78 is 26.5. The first-order valence-corrected chi connectivity index (χ1v) is 13.4. The lowest BCUT2D eigenvalue weighted by Crippen LogP contribution is -2.45. The number of rotatable bonds is 9. The van der Waals surface area contributed by atoms with Crippen molar-refractivity contribution in [2.75, 3.05) is 5.32 Å². The second kappa shape index (κ2) is 11.6. The lowest BCUT2D eigenvalue weighted by Gasteiger charge is -2.12. The number of aryl methyl sites for hydroxylation is 1. The number of hydrazone groups is 1. The van der Waals surface area contributed by atoms with Crippen LogP contribution >= 0.6 is 0 Å². The molecule has 0 radical (unpaired) electrons. The van der Waals surface area contributed by atoms with E-state index in [2.05, 4.69) is 41.6 Å². The van der Waals surface area contributed by atoms with Gasteiger partial charge in [0, 0.05) is 29.8 Å². The standard InChI is InChI=1S/C28H28N6O3S/c1-2-24-17-22(20-9-5-3-6-10-20)18-26(21-11-7-4-8-12-21)34(24)19-27(35)31-23-13-15-25(16-14-23)38(36,37)33-32-28(29)30/h3-18,33H,2,19H2,1H3,(H4-,29,30,31,32,35)/p+1. The first-order valence-electron chi connectivity index (χ1n) is 11.9. The van der Waals surface area contributed by atoms with E-state index in [-0.39, 0.29) is 17.3 Å². The lowest BCUT2D eigenvalue weighted by molar-refractivity contribution is -0.680. The second-order valence-corrected chi connectivity index (χ2v) is 10.2. The van der Waals surface area contributed by atoms with E-state index in [1.165, 1.54) is 24.3 Å². The number of carbonyl (C=O) groups excluding carboxylic acids is 1. The molecular weight excluding hydrogens is 500 g/mol. The molecule has 0 saturated heterocycles. The van der Waals surface area contributed by atoms with Crippen LogP contribution in [0.2, 0.25) is 0 Å². The van der Waals surface area contributed by atoms with Crippen LogP contribution in [0.4, 0.5) is 5.69 Å². The highest BCUT2D eigenvalue weighted by Crippen LogP contribution is 2.25. The zero-order valence-electron chi connectivity index (χ0n) is 20.8. The predicted octanol–water partition coefficient (Wildman–Crippen LogP) is 2.98. The van der Waals surface area contributed by atoms with Gasteiger partial charge in [0.25, 0.3) is 15.9 Å². The number of benzene rings is 3. The smallest absolute Gasteiger partial charge is 0.290 e. The molecule has 0 saturated carbocycles. The van der Waals surface area contributed by atoms with E-state index >= 15 is 0 Å². The van der Waals surface area contributed by atoms with Crippen LogP contribution in [0.1, 0.15) is 12.6 Å². The highest BCUT2D eigenvalue weighted by Gasteiger charge is 2.23. The molecule has 0 aliphatic rings. The van der Waals surface area contributed by atoms with E-state index in [1.54, 1.807) is 0 Å². The Labute approximate surface area is 221 Å². The molecule has 4 aromatic rings. The monoisotopic (exact) mass is 529 g/mol. The Hall–Kier alpha value is -4.70. The number of anilines is 1. The summed E-state index contributed by atoms with van der Waals surface area (Å²) in [4.78, 5) is 15.0. The first kappa shape index (κ1) is 26.4. The number of nitrogens with zero attached hydrogens (tertiary/aromatic N) is 2. The second-order valence-electron chi connectivity index (χ2n) is 8.50. The van der Waals surface area contributed by atoms with Crippen molar-refractivity contribution in [1.29, 1.82) is 0 Å². The average molecular weight is 530 g/mol. The van der Waals surface area contributed by atoms with E-state index in [0.717, 1.165) is 34.5 Å². The summed E-state index contributed by atoms with van der Waals surface area (Å²) in [6.07, 6.45) is 0.725. The maximum Gasteiger partial charge on any atom is 0.290 e. The van der Waals surface area contributed by atoms with Crippen molar-refractivity contribution >= 4 is 27.6 Å². The molecule has 0 fully saturated rings. The minimum Gasteiger partial charge on any atom is -0.369 e. The van der Waals surface area contributed by atoms with Gasteiger partial charge in [-0.3, -0.25) is 4.79 Å². The van der Waals surface area contributed by atoms with Gasteiger partial charge in [-0.15, -0.1) is 5.10 Å². The molecule has 9 nitrogen and oxygen atoms in total. The van der Waals surface area contributed by atoms with Crippen LogP contribution in [-0.2, 0) is 27.8 Å². The average Bonchev–Trinajstić information content (AvgIpc) is 2.93. The molecular formula is C28H29N6O3S+. The van der Waals surface area contributed by atoms with Gasteiger partial charge in [0.15, 0.2) is 5.69 Å². The van der Waals surface area contributed by atoms with Crippen molar-refractivity contribution in [3.8, 4) is 22.4 Å². The van der Waals surface area contributed by atoms with E-state index in [1.807, 2.05) is 57.9 Å².